The molecule has 3 aromatic carbocycles. The molecule has 0 radical (unpaired) electrons. The lowest BCUT2D eigenvalue weighted by Crippen LogP contribution is -2.26. The maximum Gasteiger partial charge on any atom is 0.235 e. The van der Waals surface area contributed by atoms with Gasteiger partial charge in [0.05, 0.1) is 22.8 Å². The molecule has 2 aliphatic rings. The summed E-state index contributed by atoms with van der Waals surface area (Å²) in [7, 11) is -3.21. The van der Waals surface area contributed by atoms with E-state index in [9.17, 15) is 13.2 Å². The quantitative estimate of drug-likeness (QED) is 0.583. The molecule has 0 aromatic heterocycles. The first-order chi connectivity index (χ1) is 15.5. The summed E-state index contributed by atoms with van der Waals surface area (Å²) in [5.41, 5.74) is 3.52. The van der Waals surface area contributed by atoms with Crippen molar-refractivity contribution < 1.29 is 13.2 Å². The SMILES string of the molecule is O=C(CCN1c2ccccc2Sc2ccccc21)Nc1ccc(N2CCCS2(=O)=O)cc1. The zero-order valence-corrected chi connectivity index (χ0v) is 19.0. The number of fused-ring (bicyclic) bond motifs is 2. The van der Waals surface area contributed by atoms with E-state index in [2.05, 4.69) is 34.5 Å². The molecule has 2 aliphatic heterocycles. The number of para-hydroxylation sites is 2. The van der Waals surface area contributed by atoms with E-state index in [0.29, 0.717) is 37.3 Å². The van der Waals surface area contributed by atoms with Gasteiger partial charge in [-0.1, -0.05) is 36.0 Å². The first-order valence-corrected chi connectivity index (χ1v) is 13.0. The van der Waals surface area contributed by atoms with Gasteiger partial charge in [-0.25, -0.2) is 8.42 Å². The van der Waals surface area contributed by atoms with Crippen LogP contribution >= 0.6 is 11.8 Å². The fourth-order valence-electron chi connectivity index (χ4n) is 4.10. The van der Waals surface area contributed by atoms with Gasteiger partial charge in [-0.15, -0.1) is 0 Å². The van der Waals surface area contributed by atoms with Gasteiger partial charge in [0.2, 0.25) is 15.9 Å². The molecular formula is C24H23N3O3S2. The molecule has 1 fully saturated rings. The highest BCUT2D eigenvalue weighted by atomic mass is 32.2. The molecule has 1 amide bonds. The van der Waals surface area contributed by atoms with Crippen LogP contribution in [0.2, 0.25) is 0 Å². The minimum absolute atomic E-state index is 0.0836. The summed E-state index contributed by atoms with van der Waals surface area (Å²) in [6.45, 7) is 1.07. The van der Waals surface area contributed by atoms with E-state index in [4.69, 9.17) is 0 Å². The van der Waals surface area contributed by atoms with Crippen LogP contribution < -0.4 is 14.5 Å². The topological polar surface area (TPSA) is 69.7 Å². The Bertz CT molecular complexity index is 1210. The van der Waals surface area contributed by atoms with Gasteiger partial charge in [0.25, 0.3) is 0 Å². The van der Waals surface area contributed by atoms with Gasteiger partial charge in [0, 0.05) is 35.0 Å². The zero-order chi connectivity index (χ0) is 22.1. The molecule has 0 atom stereocenters. The number of carbonyl (C=O) groups excluding carboxylic acids is 1. The lowest BCUT2D eigenvalue weighted by atomic mass is 10.2. The molecule has 164 valence electrons. The van der Waals surface area contributed by atoms with Gasteiger partial charge >= 0.3 is 0 Å². The highest BCUT2D eigenvalue weighted by molar-refractivity contribution is 7.99. The van der Waals surface area contributed by atoms with Crippen LogP contribution in [-0.2, 0) is 14.8 Å². The Morgan fingerprint density at radius 2 is 1.53 bits per heavy atom. The Kier molecular flexibility index (Phi) is 5.57. The summed E-state index contributed by atoms with van der Waals surface area (Å²) in [4.78, 5) is 17.2. The number of amides is 1. The summed E-state index contributed by atoms with van der Waals surface area (Å²) >= 11 is 1.75. The summed E-state index contributed by atoms with van der Waals surface area (Å²) < 4.78 is 25.6. The monoisotopic (exact) mass is 465 g/mol. The number of hydrogen-bond donors (Lipinski definition) is 1. The number of nitrogens with one attached hydrogen (secondary N) is 1. The Morgan fingerprint density at radius 3 is 2.12 bits per heavy atom. The smallest absolute Gasteiger partial charge is 0.235 e. The van der Waals surface area contributed by atoms with Crippen molar-refractivity contribution in [3.8, 4) is 0 Å². The van der Waals surface area contributed by atoms with E-state index in [1.165, 1.54) is 14.1 Å². The molecule has 0 aliphatic carbocycles. The Labute approximate surface area is 192 Å². The summed E-state index contributed by atoms with van der Waals surface area (Å²) in [5, 5.41) is 2.93. The zero-order valence-electron chi connectivity index (χ0n) is 17.4. The van der Waals surface area contributed by atoms with Crippen molar-refractivity contribution in [2.75, 3.05) is 33.4 Å². The molecule has 1 saturated heterocycles. The van der Waals surface area contributed by atoms with Gasteiger partial charge in [-0.05, 0) is 55.0 Å². The second-order valence-corrected chi connectivity index (χ2v) is 10.9. The van der Waals surface area contributed by atoms with Gasteiger partial charge in [-0.2, -0.15) is 0 Å². The molecular weight excluding hydrogens is 442 g/mol. The number of sulfonamides is 1. The van der Waals surface area contributed by atoms with Crippen LogP contribution in [0.15, 0.2) is 82.6 Å². The van der Waals surface area contributed by atoms with Gasteiger partial charge in [-0.3, -0.25) is 9.10 Å². The molecule has 0 unspecified atom stereocenters. The number of carbonyl (C=O) groups is 1. The molecule has 5 rings (SSSR count). The average molecular weight is 466 g/mol. The van der Waals surface area contributed by atoms with Gasteiger partial charge in [0.1, 0.15) is 0 Å². The minimum atomic E-state index is -3.21. The van der Waals surface area contributed by atoms with Crippen LogP contribution in [0.5, 0.6) is 0 Å². The van der Waals surface area contributed by atoms with E-state index in [1.807, 2.05) is 24.3 Å². The summed E-state index contributed by atoms with van der Waals surface area (Å²) in [6.07, 6.45) is 0.970. The standard InChI is InChI=1S/C24H23N3O3S2/c28-24(25-18-10-12-19(13-11-18)27-15-5-17-32(27,29)30)14-16-26-20-6-1-3-8-22(20)31-23-9-4-2-7-21(23)26/h1-4,6-13H,5,14-17H2,(H,25,28). The Balaban J connectivity index is 1.26. The largest absolute Gasteiger partial charge is 0.339 e. The van der Waals surface area contributed by atoms with E-state index >= 15 is 0 Å². The minimum Gasteiger partial charge on any atom is -0.339 e. The molecule has 0 spiro atoms. The molecule has 6 nitrogen and oxygen atoms in total. The first kappa shape index (κ1) is 20.9. The predicted molar refractivity (Wildman–Crippen MR) is 129 cm³/mol. The Morgan fingerprint density at radius 1 is 0.906 bits per heavy atom. The molecule has 8 heteroatoms. The van der Waals surface area contributed by atoms with Crippen molar-refractivity contribution in [1.82, 2.24) is 0 Å². The average Bonchev–Trinajstić information content (AvgIpc) is 3.16. The van der Waals surface area contributed by atoms with Crippen molar-refractivity contribution in [3.05, 3.63) is 72.8 Å². The third-order valence-electron chi connectivity index (χ3n) is 5.63. The summed E-state index contributed by atoms with van der Waals surface area (Å²) in [5.74, 6) is 0.104. The highest BCUT2D eigenvalue weighted by Crippen LogP contribution is 2.47. The maximum absolute atomic E-state index is 12.7. The van der Waals surface area contributed by atoms with Crippen molar-refractivity contribution in [2.45, 2.75) is 22.6 Å². The molecule has 3 aromatic rings. The van der Waals surface area contributed by atoms with E-state index < -0.39 is 10.0 Å². The second kappa shape index (κ2) is 8.52. The van der Waals surface area contributed by atoms with Crippen LogP contribution in [0.4, 0.5) is 22.7 Å². The van der Waals surface area contributed by atoms with E-state index in [0.717, 1.165) is 11.4 Å². The molecule has 0 bridgehead atoms. The molecule has 32 heavy (non-hydrogen) atoms. The van der Waals surface area contributed by atoms with Crippen LogP contribution in [0.1, 0.15) is 12.8 Å². The first-order valence-electron chi connectivity index (χ1n) is 10.5. The molecule has 0 saturated carbocycles. The molecule has 2 heterocycles. The maximum atomic E-state index is 12.7. The highest BCUT2D eigenvalue weighted by Gasteiger charge is 2.28. The third-order valence-corrected chi connectivity index (χ3v) is 8.63. The van der Waals surface area contributed by atoms with Crippen molar-refractivity contribution in [2.24, 2.45) is 0 Å². The van der Waals surface area contributed by atoms with Crippen LogP contribution in [-0.4, -0.2) is 33.2 Å². The van der Waals surface area contributed by atoms with E-state index in [-0.39, 0.29) is 11.7 Å². The normalized spacial score (nSPS) is 16.4. The van der Waals surface area contributed by atoms with Crippen molar-refractivity contribution in [1.29, 1.82) is 0 Å². The summed E-state index contributed by atoms with van der Waals surface area (Å²) in [6, 6.07) is 23.5. The van der Waals surface area contributed by atoms with Crippen molar-refractivity contribution >= 4 is 50.4 Å². The van der Waals surface area contributed by atoms with Gasteiger partial charge < -0.3 is 10.2 Å². The predicted octanol–water partition coefficient (Wildman–Crippen LogP) is 4.86. The van der Waals surface area contributed by atoms with E-state index in [1.54, 1.807) is 36.0 Å². The Hall–Kier alpha value is -2.97. The lowest BCUT2D eigenvalue weighted by molar-refractivity contribution is -0.116. The fourth-order valence-corrected chi connectivity index (χ4v) is 6.76. The number of rotatable bonds is 5. The lowest BCUT2D eigenvalue weighted by Gasteiger charge is -2.32. The number of nitrogens with zero attached hydrogens (tertiary/aromatic N) is 2. The molecule has 1 N–H and O–H groups in total. The van der Waals surface area contributed by atoms with Crippen LogP contribution in [0.25, 0.3) is 0 Å². The fraction of sp³-hybridized carbons (Fsp3) is 0.208. The number of benzene rings is 3. The van der Waals surface area contributed by atoms with Gasteiger partial charge in [0.15, 0.2) is 0 Å². The number of anilines is 4. The van der Waals surface area contributed by atoms with Crippen molar-refractivity contribution in [3.63, 3.8) is 0 Å². The second-order valence-electron chi connectivity index (χ2n) is 7.78. The number of hydrogen-bond acceptors (Lipinski definition) is 5. The van der Waals surface area contributed by atoms with Crippen LogP contribution in [0, 0.1) is 0 Å². The van der Waals surface area contributed by atoms with Crippen LogP contribution in [0.3, 0.4) is 0 Å². The third kappa shape index (κ3) is 4.08.